The molecule has 2 nitrogen and oxygen atoms in total. The van der Waals surface area contributed by atoms with E-state index in [-0.39, 0.29) is 0 Å². The van der Waals surface area contributed by atoms with Crippen molar-refractivity contribution in [3.05, 3.63) is 0 Å². The van der Waals surface area contributed by atoms with E-state index in [9.17, 15) is 0 Å². The number of fused-ring (bicyclic) bond motifs is 1. The van der Waals surface area contributed by atoms with E-state index in [1.807, 2.05) is 0 Å². The largest absolute Gasteiger partial charge is 0.316 e. The normalized spacial score (nSPS) is 39.4. The van der Waals surface area contributed by atoms with Crippen molar-refractivity contribution in [2.24, 2.45) is 11.8 Å². The van der Waals surface area contributed by atoms with Gasteiger partial charge in [-0.3, -0.25) is 4.90 Å². The van der Waals surface area contributed by atoms with Crippen molar-refractivity contribution < 1.29 is 0 Å². The number of rotatable bonds is 2. The van der Waals surface area contributed by atoms with E-state index in [2.05, 4.69) is 10.2 Å². The van der Waals surface area contributed by atoms with Gasteiger partial charge in [-0.15, -0.1) is 0 Å². The molecule has 2 aliphatic heterocycles. The van der Waals surface area contributed by atoms with E-state index in [0.29, 0.717) is 0 Å². The van der Waals surface area contributed by atoms with Crippen LogP contribution in [-0.4, -0.2) is 37.1 Å². The zero-order valence-corrected chi connectivity index (χ0v) is 9.04. The maximum atomic E-state index is 3.38. The summed E-state index contributed by atoms with van der Waals surface area (Å²) < 4.78 is 0. The van der Waals surface area contributed by atoms with E-state index >= 15 is 0 Å². The Bertz CT molecular complexity index is 200. The van der Waals surface area contributed by atoms with Crippen LogP contribution in [0, 0.1) is 11.8 Å². The lowest BCUT2D eigenvalue weighted by atomic mass is 9.90. The van der Waals surface area contributed by atoms with Crippen molar-refractivity contribution in [2.45, 2.75) is 38.1 Å². The summed E-state index contributed by atoms with van der Waals surface area (Å²) in [5.41, 5.74) is 0. The lowest BCUT2D eigenvalue weighted by molar-refractivity contribution is 0.0827. The highest BCUT2D eigenvalue weighted by Gasteiger charge is 2.36. The second kappa shape index (κ2) is 3.82. The van der Waals surface area contributed by atoms with E-state index in [1.165, 1.54) is 58.3 Å². The summed E-state index contributed by atoms with van der Waals surface area (Å²) in [5, 5.41) is 3.38. The fraction of sp³-hybridized carbons (Fsp3) is 1.00. The lowest BCUT2D eigenvalue weighted by Gasteiger charge is -2.41. The third-order valence-electron chi connectivity index (χ3n) is 4.47. The Hall–Kier alpha value is -0.0800. The number of hydrogen-bond donors (Lipinski definition) is 1. The van der Waals surface area contributed by atoms with Gasteiger partial charge in [0.15, 0.2) is 0 Å². The zero-order chi connectivity index (χ0) is 9.38. The van der Waals surface area contributed by atoms with Gasteiger partial charge in [-0.2, -0.15) is 0 Å². The predicted octanol–water partition coefficient (Wildman–Crippen LogP) is 1.47. The summed E-state index contributed by atoms with van der Waals surface area (Å²) in [6, 6.07) is 0.976. The first-order valence-electron chi connectivity index (χ1n) is 6.38. The first-order valence-corrected chi connectivity index (χ1v) is 6.38. The van der Waals surface area contributed by atoms with Crippen LogP contribution < -0.4 is 5.32 Å². The Balaban J connectivity index is 1.59. The summed E-state index contributed by atoms with van der Waals surface area (Å²) in [7, 11) is 0. The van der Waals surface area contributed by atoms with Crippen LogP contribution in [0.5, 0.6) is 0 Å². The SMILES string of the molecule is C1CC2CCCN(CC3CNC3)C2C1. The third kappa shape index (κ3) is 1.59. The molecule has 0 spiro atoms. The van der Waals surface area contributed by atoms with Gasteiger partial charge in [0.1, 0.15) is 0 Å². The highest BCUT2D eigenvalue weighted by atomic mass is 15.2. The molecule has 1 aliphatic carbocycles. The van der Waals surface area contributed by atoms with Crippen LogP contribution in [0.3, 0.4) is 0 Å². The highest BCUT2D eigenvalue weighted by molar-refractivity contribution is 4.91. The van der Waals surface area contributed by atoms with Gasteiger partial charge in [0.2, 0.25) is 0 Å². The molecular weight excluding hydrogens is 172 g/mol. The quantitative estimate of drug-likeness (QED) is 0.716. The minimum Gasteiger partial charge on any atom is -0.316 e. The van der Waals surface area contributed by atoms with Crippen LogP contribution in [0.4, 0.5) is 0 Å². The lowest BCUT2D eigenvalue weighted by Crippen LogP contribution is -2.52. The fourth-order valence-corrected chi connectivity index (χ4v) is 3.59. The van der Waals surface area contributed by atoms with Gasteiger partial charge < -0.3 is 5.32 Å². The first kappa shape index (κ1) is 9.17. The zero-order valence-electron chi connectivity index (χ0n) is 9.04. The molecule has 2 heteroatoms. The second-order valence-corrected chi connectivity index (χ2v) is 5.42. The summed E-state index contributed by atoms with van der Waals surface area (Å²) in [4.78, 5) is 2.81. The van der Waals surface area contributed by atoms with E-state index in [4.69, 9.17) is 0 Å². The van der Waals surface area contributed by atoms with Crippen LogP contribution in [0.1, 0.15) is 32.1 Å². The number of piperidine rings is 1. The highest BCUT2D eigenvalue weighted by Crippen LogP contribution is 2.37. The summed E-state index contributed by atoms with van der Waals surface area (Å²) >= 11 is 0. The van der Waals surface area contributed by atoms with Crippen molar-refractivity contribution >= 4 is 0 Å². The average molecular weight is 194 g/mol. The molecule has 2 unspecified atom stereocenters. The molecule has 80 valence electrons. The van der Waals surface area contributed by atoms with Gasteiger partial charge in [-0.25, -0.2) is 0 Å². The van der Waals surface area contributed by atoms with Crippen LogP contribution in [0.15, 0.2) is 0 Å². The maximum absolute atomic E-state index is 3.38. The molecule has 0 aromatic heterocycles. The molecule has 0 amide bonds. The Kier molecular flexibility index (Phi) is 2.50. The molecule has 3 fully saturated rings. The van der Waals surface area contributed by atoms with Crippen LogP contribution >= 0.6 is 0 Å². The van der Waals surface area contributed by atoms with Crippen molar-refractivity contribution in [1.29, 1.82) is 0 Å². The van der Waals surface area contributed by atoms with Crippen LogP contribution in [0.25, 0.3) is 0 Å². The number of nitrogens with zero attached hydrogens (tertiary/aromatic N) is 1. The third-order valence-corrected chi connectivity index (χ3v) is 4.47. The summed E-state index contributed by atoms with van der Waals surface area (Å²) in [6.07, 6.45) is 7.48. The summed E-state index contributed by atoms with van der Waals surface area (Å²) in [5.74, 6) is 2.03. The van der Waals surface area contributed by atoms with Crippen LogP contribution in [-0.2, 0) is 0 Å². The van der Waals surface area contributed by atoms with Crippen LogP contribution in [0.2, 0.25) is 0 Å². The van der Waals surface area contributed by atoms with Crippen molar-refractivity contribution in [1.82, 2.24) is 10.2 Å². The first-order chi connectivity index (χ1) is 6.93. The van der Waals surface area contributed by atoms with Gasteiger partial charge >= 0.3 is 0 Å². The van der Waals surface area contributed by atoms with Gasteiger partial charge in [0.05, 0.1) is 0 Å². The van der Waals surface area contributed by atoms with Gasteiger partial charge in [0, 0.05) is 25.7 Å². The van der Waals surface area contributed by atoms with E-state index in [0.717, 1.165) is 17.9 Å². The minimum atomic E-state index is 0.967. The monoisotopic (exact) mass is 194 g/mol. The van der Waals surface area contributed by atoms with E-state index < -0.39 is 0 Å². The molecular formula is C12H22N2. The molecule has 2 saturated heterocycles. The number of likely N-dealkylation sites (tertiary alicyclic amines) is 1. The topological polar surface area (TPSA) is 15.3 Å². The number of nitrogens with one attached hydrogen (secondary N) is 1. The molecule has 0 aromatic carbocycles. The molecule has 0 radical (unpaired) electrons. The second-order valence-electron chi connectivity index (χ2n) is 5.42. The maximum Gasteiger partial charge on any atom is 0.0124 e. The fourth-order valence-electron chi connectivity index (χ4n) is 3.59. The molecule has 0 aromatic rings. The molecule has 1 saturated carbocycles. The molecule has 3 rings (SSSR count). The Morgan fingerprint density at radius 3 is 2.71 bits per heavy atom. The molecule has 1 N–H and O–H groups in total. The van der Waals surface area contributed by atoms with Crippen molar-refractivity contribution in [2.75, 3.05) is 26.2 Å². The number of hydrogen-bond acceptors (Lipinski definition) is 2. The summed E-state index contributed by atoms with van der Waals surface area (Å²) in [6.45, 7) is 5.31. The Morgan fingerprint density at radius 2 is 1.93 bits per heavy atom. The molecule has 2 heterocycles. The Labute approximate surface area is 87.0 Å². The van der Waals surface area contributed by atoms with Gasteiger partial charge in [-0.1, -0.05) is 6.42 Å². The van der Waals surface area contributed by atoms with Gasteiger partial charge in [-0.05, 0) is 44.1 Å². The van der Waals surface area contributed by atoms with Crippen molar-refractivity contribution in [3.8, 4) is 0 Å². The average Bonchev–Trinajstić information content (AvgIpc) is 2.59. The predicted molar refractivity (Wildman–Crippen MR) is 58.3 cm³/mol. The minimum absolute atomic E-state index is 0.967. The standard InChI is InChI=1S/C12H22N2/c1-3-11-4-2-6-14(12(11)5-1)9-10-7-13-8-10/h10-13H,1-9H2. The molecule has 0 bridgehead atoms. The molecule has 14 heavy (non-hydrogen) atoms. The van der Waals surface area contributed by atoms with E-state index in [1.54, 1.807) is 0 Å². The smallest absolute Gasteiger partial charge is 0.0124 e. The van der Waals surface area contributed by atoms with Gasteiger partial charge in [0.25, 0.3) is 0 Å². The Morgan fingerprint density at radius 1 is 1.07 bits per heavy atom. The molecule has 2 atom stereocenters. The van der Waals surface area contributed by atoms with Crippen molar-refractivity contribution in [3.63, 3.8) is 0 Å². The molecule has 3 aliphatic rings.